The van der Waals surface area contributed by atoms with Crippen LogP contribution in [0.3, 0.4) is 0 Å². The number of rotatable bonds is 6. The first kappa shape index (κ1) is 18.7. The number of aryl methyl sites for hydroxylation is 1. The van der Waals surface area contributed by atoms with Crippen molar-refractivity contribution in [2.24, 2.45) is 5.92 Å². The Hall–Kier alpha value is -1.59. The van der Waals surface area contributed by atoms with Crippen LogP contribution < -0.4 is 5.32 Å². The van der Waals surface area contributed by atoms with Gasteiger partial charge in [0.2, 0.25) is 11.8 Å². The molecule has 1 aliphatic heterocycles. The van der Waals surface area contributed by atoms with Crippen LogP contribution >= 0.6 is 11.6 Å². The van der Waals surface area contributed by atoms with Gasteiger partial charge in [-0.1, -0.05) is 23.7 Å². The van der Waals surface area contributed by atoms with Crippen LogP contribution in [0.2, 0.25) is 5.02 Å². The van der Waals surface area contributed by atoms with E-state index >= 15 is 0 Å². The number of nitrogens with one attached hydrogen (secondary N) is 1. The summed E-state index contributed by atoms with van der Waals surface area (Å²) in [5.41, 5.74) is 1.06. The third-order valence-corrected chi connectivity index (χ3v) is 4.80. The second kappa shape index (κ2) is 9.04. The zero-order valence-electron chi connectivity index (χ0n) is 14.3. The molecule has 0 aliphatic carbocycles. The Morgan fingerprint density at radius 3 is 2.88 bits per heavy atom. The summed E-state index contributed by atoms with van der Waals surface area (Å²) in [6, 6.07) is 7.59. The Kier molecular flexibility index (Phi) is 7.06. The molecule has 24 heavy (non-hydrogen) atoms. The Morgan fingerprint density at radius 2 is 2.21 bits per heavy atom. The largest absolute Gasteiger partial charge is 0.381 e. The highest BCUT2D eigenvalue weighted by Crippen LogP contribution is 2.23. The van der Waals surface area contributed by atoms with Crippen molar-refractivity contribution < 1.29 is 14.3 Å². The summed E-state index contributed by atoms with van der Waals surface area (Å²) in [7, 11) is 3.29. The summed E-state index contributed by atoms with van der Waals surface area (Å²) in [4.78, 5) is 26.0. The molecule has 132 valence electrons. The molecule has 0 spiro atoms. The van der Waals surface area contributed by atoms with Gasteiger partial charge in [-0.2, -0.15) is 0 Å². The number of hydrogen-bond acceptors (Lipinski definition) is 3. The second-order valence-electron chi connectivity index (χ2n) is 6.17. The number of carbonyl (C=O) groups excluding carboxylic acids is 2. The zero-order chi connectivity index (χ0) is 17.5. The molecule has 1 fully saturated rings. The molecule has 0 unspecified atom stereocenters. The molecule has 2 atom stereocenters. The molecule has 0 saturated carbocycles. The fraction of sp³-hybridized carbons (Fsp3) is 0.556. The van der Waals surface area contributed by atoms with Crippen LogP contribution in [0.15, 0.2) is 24.3 Å². The van der Waals surface area contributed by atoms with Crippen molar-refractivity contribution >= 4 is 23.4 Å². The monoisotopic (exact) mass is 352 g/mol. The zero-order valence-corrected chi connectivity index (χ0v) is 15.0. The van der Waals surface area contributed by atoms with Gasteiger partial charge in [0.15, 0.2) is 0 Å². The molecule has 5 nitrogen and oxygen atoms in total. The first-order valence-corrected chi connectivity index (χ1v) is 8.67. The number of hydrogen-bond donors (Lipinski definition) is 1. The number of halogens is 1. The molecule has 1 aromatic rings. The lowest BCUT2D eigenvalue weighted by Crippen LogP contribution is -2.47. The summed E-state index contributed by atoms with van der Waals surface area (Å²) < 4.78 is 5.49. The van der Waals surface area contributed by atoms with Crippen molar-refractivity contribution in [3.05, 3.63) is 34.9 Å². The molecule has 1 saturated heterocycles. The minimum Gasteiger partial charge on any atom is -0.381 e. The Bertz CT molecular complexity index is 579. The Morgan fingerprint density at radius 1 is 1.42 bits per heavy atom. The average Bonchev–Trinajstić information content (AvgIpc) is 2.59. The highest BCUT2D eigenvalue weighted by Gasteiger charge is 2.32. The van der Waals surface area contributed by atoms with E-state index in [0.717, 1.165) is 12.0 Å². The molecule has 1 heterocycles. The van der Waals surface area contributed by atoms with Crippen molar-refractivity contribution in [2.75, 3.05) is 27.2 Å². The lowest BCUT2D eigenvalue weighted by molar-refractivity contribution is -0.137. The van der Waals surface area contributed by atoms with Gasteiger partial charge in [-0.3, -0.25) is 9.59 Å². The van der Waals surface area contributed by atoms with E-state index in [4.69, 9.17) is 16.3 Å². The molecule has 1 aromatic carbocycles. The first-order valence-electron chi connectivity index (χ1n) is 8.29. The van der Waals surface area contributed by atoms with Crippen LogP contribution in [0.1, 0.15) is 24.8 Å². The van der Waals surface area contributed by atoms with E-state index in [-0.39, 0.29) is 23.8 Å². The van der Waals surface area contributed by atoms with E-state index in [0.29, 0.717) is 37.4 Å². The van der Waals surface area contributed by atoms with E-state index < -0.39 is 0 Å². The van der Waals surface area contributed by atoms with Gasteiger partial charge in [0, 0.05) is 51.0 Å². The number of methoxy groups -OCH3 is 1. The van der Waals surface area contributed by atoms with Crippen LogP contribution in [-0.2, 0) is 20.7 Å². The van der Waals surface area contributed by atoms with E-state index in [1.165, 1.54) is 0 Å². The molecule has 2 rings (SSSR count). The summed E-state index contributed by atoms with van der Waals surface area (Å²) in [5, 5.41) is 3.33. The van der Waals surface area contributed by atoms with E-state index in [9.17, 15) is 9.59 Å². The smallest absolute Gasteiger partial charge is 0.222 e. The van der Waals surface area contributed by atoms with Gasteiger partial charge in [0.1, 0.15) is 0 Å². The van der Waals surface area contributed by atoms with Crippen LogP contribution in [0.4, 0.5) is 0 Å². The van der Waals surface area contributed by atoms with Gasteiger partial charge >= 0.3 is 0 Å². The third-order valence-electron chi connectivity index (χ3n) is 4.56. The fourth-order valence-corrected chi connectivity index (χ4v) is 3.40. The topological polar surface area (TPSA) is 58.6 Å². The second-order valence-corrected chi connectivity index (χ2v) is 6.61. The van der Waals surface area contributed by atoms with Gasteiger partial charge in [-0.25, -0.2) is 0 Å². The lowest BCUT2D eigenvalue weighted by Gasteiger charge is -2.37. The number of benzene rings is 1. The number of amides is 2. The standard InChI is InChI=1S/C18H25ClN2O3/c1-20-17(22)11-14-12-21(9-8-16(14)24-2)18(23)7-6-13-4-3-5-15(19)10-13/h3-5,10,14,16H,6-9,11-12H2,1-2H3,(H,20,22)/t14-,16-/m1/s1. The van der Waals surface area contributed by atoms with Gasteiger partial charge in [0.05, 0.1) is 6.10 Å². The Labute approximate surface area is 148 Å². The molecule has 6 heteroatoms. The molecule has 2 amide bonds. The van der Waals surface area contributed by atoms with Gasteiger partial charge in [-0.15, -0.1) is 0 Å². The fourth-order valence-electron chi connectivity index (χ4n) is 3.19. The number of ether oxygens (including phenoxy) is 1. The predicted molar refractivity (Wildman–Crippen MR) is 93.9 cm³/mol. The summed E-state index contributed by atoms with van der Waals surface area (Å²) >= 11 is 5.98. The minimum absolute atomic E-state index is 0.0183. The number of carbonyl (C=O) groups is 2. The van der Waals surface area contributed by atoms with E-state index in [2.05, 4.69) is 5.32 Å². The number of likely N-dealkylation sites (tertiary alicyclic amines) is 1. The van der Waals surface area contributed by atoms with Crippen molar-refractivity contribution in [1.82, 2.24) is 10.2 Å². The van der Waals surface area contributed by atoms with Crippen LogP contribution in [0, 0.1) is 5.92 Å². The van der Waals surface area contributed by atoms with Gasteiger partial charge in [0.25, 0.3) is 0 Å². The van der Waals surface area contributed by atoms with E-state index in [1.807, 2.05) is 29.2 Å². The SMILES string of the molecule is CNC(=O)C[C@@H]1CN(C(=O)CCc2cccc(Cl)c2)CC[C@H]1OC. The van der Waals surface area contributed by atoms with Crippen molar-refractivity contribution in [1.29, 1.82) is 0 Å². The van der Waals surface area contributed by atoms with Crippen LogP contribution in [-0.4, -0.2) is 50.1 Å². The Balaban J connectivity index is 1.90. The number of piperidine rings is 1. The highest BCUT2D eigenvalue weighted by atomic mass is 35.5. The maximum absolute atomic E-state index is 12.5. The molecule has 0 radical (unpaired) electrons. The van der Waals surface area contributed by atoms with Crippen molar-refractivity contribution in [2.45, 2.75) is 31.8 Å². The lowest BCUT2D eigenvalue weighted by atomic mass is 9.91. The summed E-state index contributed by atoms with van der Waals surface area (Å²) in [6.45, 7) is 1.25. The van der Waals surface area contributed by atoms with Gasteiger partial charge < -0.3 is 15.0 Å². The molecular formula is C18H25ClN2O3. The maximum atomic E-state index is 12.5. The number of nitrogens with zero attached hydrogens (tertiary/aromatic N) is 1. The third kappa shape index (κ3) is 5.21. The summed E-state index contributed by atoms with van der Waals surface area (Å²) in [6.07, 6.45) is 2.29. The van der Waals surface area contributed by atoms with E-state index in [1.54, 1.807) is 14.2 Å². The van der Waals surface area contributed by atoms with Crippen molar-refractivity contribution in [3.8, 4) is 0 Å². The summed E-state index contributed by atoms with van der Waals surface area (Å²) in [5.74, 6) is 0.139. The quantitative estimate of drug-likeness (QED) is 0.854. The molecule has 1 N–H and O–H groups in total. The molecular weight excluding hydrogens is 328 g/mol. The highest BCUT2D eigenvalue weighted by molar-refractivity contribution is 6.30. The van der Waals surface area contributed by atoms with Crippen molar-refractivity contribution in [3.63, 3.8) is 0 Å². The molecule has 0 aromatic heterocycles. The maximum Gasteiger partial charge on any atom is 0.222 e. The first-order chi connectivity index (χ1) is 11.5. The average molecular weight is 353 g/mol. The minimum atomic E-state index is -0.0183. The van der Waals surface area contributed by atoms with Gasteiger partial charge in [-0.05, 0) is 30.5 Å². The molecule has 0 bridgehead atoms. The molecule has 1 aliphatic rings. The predicted octanol–water partition coefficient (Wildman–Crippen LogP) is 2.27. The van der Waals surface area contributed by atoms with Crippen LogP contribution in [0.25, 0.3) is 0 Å². The normalized spacial score (nSPS) is 20.7. The van der Waals surface area contributed by atoms with Crippen LogP contribution in [0.5, 0.6) is 0 Å².